The van der Waals surface area contributed by atoms with Crippen LogP contribution >= 0.6 is 0 Å². The summed E-state index contributed by atoms with van der Waals surface area (Å²) in [5, 5.41) is 28.0. The highest BCUT2D eigenvalue weighted by molar-refractivity contribution is 5.64. The highest BCUT2D eigenvalue weighted by atomic mass is 16.6. The Balaban J connectivity index is 1.93. The molecule has 0 spiro atoms. The molecule has 110 valence electrons. The van der Waals surface area contributed by atoms with Gasteiger partial charge in [0.15, 0.2) is 0 Å². The molecule has 0 bridgehead atoms. The molecule has 7 nitrogen and oxygen atoms in total. The molecular weight excluding hydrogens is 272 g/mol. The minimum Gasteiger partial charge on any atom is -0.508 e. The van der Waals surface area contributed by atoms with Crippen LogP contribution in [0.4, 0.5) is 11.4 Å². The predicted molar refractivity (Wildman–Crippen MR) is 77.3 cm³/mol. The molecule has 1 heterocycles. The third-order valence-corrected chi connectivity index (χ3v) is 3.88. The second-order valence-electron chi connectivity index (χ2n) is 5.22. The largest absolute Gasteiger partial charge is 0.508 e. The molecular formula is C14H16N4O3. The van der Waals surface area contributed by atoms with Crippen LogP contribution in [0.15, 0.2) is 24.4 Å². The summed E-state index contributed by atoms with van der Waals surface area (Å²) in [7, 11) is 1.91. The third kappa shape index (κ3) is 2.42. The van der Waals surface area contributed by atoms with Crippen LogP contribution in [0.2, 0.25) is 0 Å². The number of hydrogen-bond acceptors (Lipinski definition) is 5. The van der Waals surface area contributed by atoms with Crippen molar-refractivity contribution in [2.24, 2.45) is 7.05 Å². The Morgan fingerprint density at radius 3 is 3.10 bits per heavy atom. The number of nitro groups is 1. The Morgan fingerprint density at radius 1 is 1.52 bits per heavy atom. The van der Waals surface area contributed by atoms with E-state index in [9.17, 15) is 15.2 Å². The first-order valence-electron chi connectivity index (χ1n) is 6.81. The van der Waals surface area contributed by atoms with Gasteiger partial charge in [-0.05, 0) is 31.4 Å². The first-order chi connectivity index (χ1) is 10.1. The number of aromatic nitrogens is 2. The lowest BCUT2D eigenvalue weighted by molar-refractivity contribution is -0.384. The maximum atomic E-state index is 11.1. The average molecular weight is 288 g/mol. The molecule has 0 radical (unpaired) electrons. The number of fused-ring (bicyclic) bond motifs is 1. The summed E-state index contributed by atoms with van der Waals surface area (Å²) in [5.41, 5.74) is 2.55. The molecule has 7 heteroatoms. The van der Waals surface area contributed by atoms with E-state index in [1.807, 2.05) is 17.9 Å². The number of benzene rings is 1. The number of nitrogens with one attached hydrogen (secondary N) is 1. The van der Waals surface area contributed by atoms with Gasteiger partial charge in [0.05, 0.1) is 23.2 Å². The number of hydrogen-bond donors (Lipinski definition) is 2. The van der Waals surface area contributed by atoms with Gasteiger partial charge in [-0.3, -0.25) is 14.8 Å². The Bertz CT molecular complexity index is 696. The molecule has 1 atom stereocenters. The number of aryl methyl sites for hydroxylation is 1. The van der Waals surface area contributed by atoms with E-state index < -0.39 is 4.92 Å². The quantitative estimate of drug-likeness (QED) is 0.514. The average Bonchev–Trinajstić information content (AvgIpc) is 2.83. The van der Waals surface area contributed by atoms with Crippen LogP contribution in [0.3, 0.4) is 0 Å². The maximum Gasteiger partial charge on any atom is 0.296 e. The number of phenolic OH excluding ortho intramolecular Hbond substituents is 1. The summed E-state index contributed by atoms with van der Waals surface area (Å²) in [6, 6.07) is 4.15. The van der Waals surface area contributed by atoms with Crippen molar-refractivity contribution in [2.45, 2.75) is 25.3 Å². The molecule has 0 fully saturated rings. The van der Waals surface area contributed by atoms with Crippen LogP contribution in [0.1, 0.15) is 30.1 Å². The molecule has 1 aliphatic carbocycles. The number of phenols is 1. The number of nitrogens with zero attached hydrogens (tertiary/aromatic N) is 3. The molecule has 0 aliphatic heterocycles. The van der Waals surface area contributed by atoms with Crippen molar-refractivity contribution in [3.63, 3.8) is 0 Å². The molecule has 3 rings (SSSR count). The van der Waals surface area contributed by atoms with Crippen LogP contribution < -0.4 is 5.32 Å². The summed E-state index contributed by atoms with van der Waals surface area (Å²) in [6.45, 7) is 0. The van der Waals surface area contributed by atoms with Gasteiger partial charge >= 0.3 is 0 Å². The van der Waals surface area contributed by atoms with Gasteiger partial charge in [0.1, 0.15) is 11.4 Å². The normalized spacial score (nSPS) is 17.3. The lowest BCUT2D eigenvalue weighted by atomic mass is 9.92. The topological polar surface area (TPSA) is 93.2 Å². The zero-order valence-corrected chi connectivity index (χ0v) is 11.6. The van der Waals surface area contributed by atoms with Crippen LogP contribution in [0.5, 0.6) is 5.75 Å². The zero-order valence-electron chi connectivity index (χ0n) is 11.6. The van der Waals surface area contributed by atoms with Gasteiger partial charge in [-0.25, -0.2) is 0 Å². The zero-order chi connectivity index (χ0) is 15.0. The molecule has 21 heavy (non-hydrogen) atoms. The van der Waals surface area contributed by atoms with Crippen LogP contribution in [0, 0.1) is 10.1 Å². The molecule has 1 unspecified atom stereocenters. The number of aromatic hydroxyl groups is 1. The highest BCUT2D eigenvalue weighted by Gasteiger charge is 2.25. The molecule has 2 N–H and O–H groups in total. The Morgan fingerprint density at radius 2 is 2.33 bits per heavy atom. The van der Waals surface area contributed by atoms with Gasteiger partial charge < -0.3 is 10.4 Å². The Kier molecular flexibility index (Phi) is 3.25. The minimum absolute atomic E-state index is 0.00527. The fourth-order valence-electron chi connectivity index (χ4n) is 2.84. The number of rotatable bonds is 3. The second kappa shape index (κ2) is 5.08. The summed E-state index contributed by atoms with van der Waals surface area (Å²) >= 11 is 0. The smallest absolute Gasteiger partial charge is 0.296 e. The predicted octanol–water partition coefficient (Wildman–Crippen LogP) is 2.52. The van der Waals surface area contributed by atoms with Gasteiger partial charge in [0.25, 0.3) is 5.69 Å². The SMILES string of the molecule is Cn1ncc2c1CCCC2Nc1ccc(O)cc1[N+](=O)[O-]. The molecule has 0 saturated heterocycles. The van der Waals surface area contributed by atoms with Crippen LogP contribution in [-0.2, 0) is 13.5 Å². The van der Waals surface area contributed by atoms with Crippen LogP contribution in [0.25, 0.3) is 0 Å². The first kappa shape index (κ1) is 13.4. The van der Waals surface area contributed by atoms with Crippen molar-refractivity contribution in [3.05, 3.63) is 45.8 Å². The van der Waals surface area contributed by atoms with E-state index in [-0.39, 0.29) is 17.5 Å². The van der Waals surface area contributed by atoms with Crippen molar-refractivity contribution < 1.29 is 10.0 Å². The number of nitro benzene ring substituents is 1. The molecule has 1 aliphatic rings. The van der Waals surface area contributed by atoms with Gasteiger partial charge in [-0.15, -0.1) is 0 Å². The Hall–Kier alpha value is -2.57. The van der Waals surface area contributed by atoms with E-state index in [2.05, 4.69) is 10.4 Å². The third-order valence-electron chi connectivity index (χ3n) is 3.88. The van der Waals surface area contributed by atoms with E-state index in [1.54, 1.807) is 0 Å². The first-order valence-corrected chi connectivity index (χ1v) is 6.81. The molecule has 1 aromatic heterocycles. The fraction of sp³-hybridized carbons (Fsp3) is 0.357. The Labute approximate surface area is 121 Å². The van der Waals surface area contributed by atoms with E-state index in [0.717, 1.165) is 30.9 Å². The minimum atomic E-state index is -0.491. The molecule has 1 aromatic carbocycles. The van der Waals surface area contributed by atoms with Gasteiger partial charge in [0.2, 0.25) is 0 Å². The summed E-state index contributed by atoms with van der Waals surface area (Å²) < 4.78 is 1.86. The maximum absolute atomic E-state index is 11.1. The van der Waals surface area contributed by atoms with Gasteiger partial charge in [-0.2, -0.15) is 5.10 Å². The van der Waals surface area contributed by atoms with Crippen molar-refractivity contribution in [1.29, 1.82) is 0 Å². The summed E-state index contributed by atoms with van der Waals surface area (Å²) in [5.74, 6) is -0.113. The lowest BCUT2D eigenvalue weighted by Crippen LogP contribution is -2.18. The van der Waals surface area contributed by atoms with E-state index >= 15 is 0 Å². The van der Waals surface area contributed by atoms with E-state index in [0.29, 0.717) is 5.69 Å². The standard InChI is InChI=1S/C14H16N4O3/c1-17-13-4-2-3-11(10(13)8-15-17)16-12-6-5-9(19)7-14(12)18(20)21/h5-8,11,16,19H,2-4H2,1H3. The second-order valence-corrected chi connectivity index (χ2v) is 5.22. The molecule has 0 amide bonds. The van der Waals surface area contributed by atoms with Gasteiger partial charge in [0, 0.05) is 18.3 Å². The monoisotopic (exact) mass is 288 g/mol. The van der Waals surface area contributed by atoms with Crippen molar-refractivity contribution in [1.82, 2.24) is 9.78 Å². The summed E-state index contributed by atoms with van der Waals surface area (Å²) in [6.07, 6.45) is 4.70. The number of anilines is 1. The fourth-order valence-corrected chi connectivity index (χ4v) is 2.84. The van der Waals surface area contributed by atoms with Crippen molar-refractivity contribution >= 4 is 11.4 Å². The van der Waals surface area contributed by atoms with E-state index in [4.69, 9.17) is 0 Å². The van der Waals surface area contributed by atoms with Gasteiger partial charge in [-0.1, -0.05) is 0 Å². The van der Waals surface area contributed by atoms with E-state index in [1.165, 1.54) is 17.8 Å². The van der Waals surface area contributed by atoms with Crippen molar-refractivity contribution in [3.8, 4) is 5.75 Å². The highest BCUT2D eigenvalue weighted by Crippen LogP contribution is 2.36. The molecule has 0 saturated carbocycles. The lowest BCUT2D eigenvalue weighted by Gasteiger charge is -2.24. The van der Waals surface area contributed by atoms with Crippen LogP contribution in [-0.4, -0.2) is 19.8 Å². The van der Waals surface area contributed by atoms with Crippen molar-refractivity contribution in [2.75, 3.05) is 5.32 Å². The summed E-state index contributed by atoms with van der Waals surface area (Å²) in [4.78, 5) is 10.6. The molecule has 2 aromatic rings.